The molecule has 7 rings (SSSR count). The maximum absolute atomic E-state index is 14.8. The Morgan fingerprint density at radius 2 is 1.29 bits per heavy atom. The van der Waals surface area contributed by atoms with E-state index in [0.717, 1.165) is 53.5 Å². The molecule has 0 N–H and O–H groups in total. The molecule has 3 aromatic carbocycles. The lowest BCUT2D eigenvalue weighted by Gasteiger charge is -2.36. The SMILES string of the molecule is COC1(c2cc(F)cc(OCCCN3CCc4c(c5cc(S(C)(=O)=O)ccc5n4CCCOc4cc(F)cc(C5(OC)CCOCC5)c4)C3)c2)CCOCC1.Cl. The van der Waals surface area contributed by atoms with E-state index in [9.17, 15) is 17.2 Å². The molecule has 0 radical (unpaired) electrons. The summed E-state index contributed by atoms with van der Waals surface area (Å²) in [6.45, 7) is 5.95. The van der Waals surface area contributed by atoms with Crippen molar-refractivity contribution in [3.63, 3.8) is 0 Å². The highest BCUT2D eigenvalue weighted by Gasteiger charge is 2.36. The molecule has 3 aliphatic heterocycles. The number of methoxy groups -OCH3 is 2. The van der Waals surface area contributed by atoms with Gasteiger partial charge >= 0.3 is 0 Å². The Morgan fingerprint density at radius 1 is 0.750 bits per heavy atom. The van der Waals surface area contributed by atoms with E-state index < -0.39 is 21.0 Å². The number of halogens is 3. The van der Waals surface area contributed by atoms with E-state index in [1.807, 2.05) is 18.2 Å². The Bertz CT molecular complexity index is 2080. The first-order valence-electron chi connectivity index (χ1n) is 19.2. The summed E-state index contributed by atoms with van der Waals surface area (Å²) in [5.74, 6) is 0.220. The lowest BCUT2D eigenvalue weighted by Crippen LogP contribution is -2.35. The second-order valence-corrected chi connectivity index (χ2v) is 16.9. The van der Waals surface area contributed by atoms with Gasteiger partial charge < -0.3 is 33.0 Å². The maximum atomic E-state index is 14.8. The highest BCUT2D eigenvalue weighted by molar-refractivity contribution is 7.90. The number of hydrogen-bond acceptors (Lipinski definition) is 9. The number of hydrogen-bond donors (Lipinski definition) is 0. The summed E-state index contributed by atoms with van der Waals surface area (Å²) in [4.78, 5) is 2.65. The molecule has 0 bridgehead atoms. The molecule has 4 heterocycles. The van der Waals surface area contributed by atoms with Crippen molar-refractivity contribution in [3.8, 4) is 11.5 Å². The van der Waals surface area contributed by atoms with Crippen LogP contribution in [0.2, 0.25) is 0 Å². The summed E-state index contributed by atoms with van der Waals surface area (Å²) < 4.78 is 91.9. The number of rotatable bonds is 15. The second-order valence-electron chi connectivity index (χ2n) is 14.9. The Morgan fingerprint density at radius 3 is 1.80 bits per heavy atom. The summed E-state index contributed by atoms with van der Waals surface area (Å²) in [6, 6.07) is 15.0. The van der Waals surface area contributed by atoms with Gasteiger partial charge in [-0.3, -0.25) is 4.90 Å². The number of benzene rings is 3. The van der Waals surface area contributed by atoms with Gasteiger partial charge in [0.25, 0.3) is 0 Å². The van der Waals surface area contributed by atoms with E-state index in [-0.39, 0.29) is 24.0 Å². The summed E-state index contributed by atoms with van der Waals surface area (Å²) >= 11 is 0. The molecule has 0 atom stereocenters. The first kappa shape index (κ1) is 42.3. The number of nitrogens with zero attached hydrogens (tertiary/aromatic N) is 2. The van der Waals surface area contributed by atoms with Crippen LogP contribution in [-0.4, -0.2) is 91.1 Å². The third-order valence-corrected chi connectivity index (χ3v) is 12.7. The number of fused-ring (bicyclic) bond motifs is 3. The molecule has 0 saturated carbocycles. The molecule has 0 amide bonds. The highest BCUT2D eigenvalue weighted by atomic mass is 35.5. The Labute approximate surface area is 334 Å². The standard InChI is InChI=1S/C42H52F2N2O8S.ClH/c1-49-41(9-18-51-19-10-41)30-22-32(43)26-34(24-30)53-16-4-13-45-15-8-40-38(29-45)37-28-36(55(3,47)48)6-7-39(37)46(40)14-5-17-54-35-25-31(23-33(44)27-35)42(50-2)11-20-52-21-12-42;/h6-7,22-28H,4-5,8-21,29H2,1-3H3;1H. The van der Waals surface area contributed by atoms with Crippen molar-refractivity contribution in [1.29, 1.82) is 0 Å². The molecule has 0 unspecified atom stereocenters. The minimum Gasteiger partial charge on any atom is -0.493 e. The van der Waals surface area contributed by atoms with E-state index in [1.165, 1.54) is 36.2 Å². The molecule has 2 fully saturated rings. The van der Waals surface area contributed by atoms with Crippen LogP contribution in [0, 0.1) is 11.6 Å². The van der Waals surface area contributed by atoms with Crippen molar-refractivity contribution in [2.24, 2.45) is 0 Å². The van der Waals surface area contributed by atoms with E-state index in [1.54, 1.807) is 26.4 Å². The summed E-state index contributed by atoms with van der Waals surface area (Å²) in [5, 5.41) is 0.934. The van der Waals surface area contributed by atoms with Gasteiger partial charge in [0.15, 0.2) is 9.84 Å². The maximum Gasteiger partial charge on any atom is 0.175 e. The molecule has 2 saturated heterocycles. The third kappa shape index (κ3) is 9.20. The van der Waals surface area contributed by atoms with Gasteiger partial charge in [-0.25, -0.2) is 17.2 Å². The molecule has 10 nitrogen and oxygen atoms in total. The van der Waals surface area contributed by atoms with E-state index >= 15 is 0 Å². The first-order chi connectivity index (χ1) is 26.5. The van der Waals surface area contributed by atoms with Gasteiger partial charge in [0.2, 0.25) is 0 Å². The topological polar surface area (TPSA) is 97.7 Å². The Kier molecular flexibility index (Phi) is 13.7. The molecule has 0 spiro atoms. The summed E-state index contributed by atoms with van der Waals surface area (Å²) in [5.41, 5.74) is 3.63. The van der Waals surface area contributed by atoms with Crippen LogP contribution in [0.3, 0.4) is 0 Å². The van der Waals surface area contributed by atoms with Crippen molar-refractivity contribution in [2.45, 2.75) is 74.1 Å². The summed E-state index contributed by atoms with van der Waals surface area (Å²) in [6.07, 6.45) is 6.03. The highest BCUT2D eigenvalue weighted by Crippen LogP contribution is 2.39. The average molecular weight is 819 g/mol. The fraction of sp³-hybridized carbons (Fsp3) is 0.524. The van der Waals surface area contributed by atoms with Crippen LogP contribution in [-0.2, 0) is 59.5 Å². The molecule has 4 aromatic rings. The number of ether oxygens (including phenoxy) is 6. The van der Waals surface area contributed by atoms with E-state index in [2.05, 4.69) is 9.47 Å². The lowest BCUT2D eigenvalue weighted by atomic mass is 9.86. The average Bonchev–Trinajstić information content (AvgIpc) is 3.50. The second kappa shape index (κ2) is 18.1. The van der Waals surface area contributed by atoms with Crippen LogP contribution in [0.1, 0.15) is 60.9 Å². The Balaban J connectivity index is 0.00000532. The van der Waals surface area contributed by atoms with Gasteiger partial charge in [0.05, 0.1) is 29.3 Å². The smallest absolute Gasteiger partial charge is 0.175 e. The van der Waals surface area contributed by atoms with Gasteiger partial charge in [0, 0.05) is 134 Å². The van der Waals surface area contributed by atoms with Gasteiger partial charge in [-0.2, -0.15) is 0 Å². The molecular formula is C42H53ClF2N2O8S. The number of sulfone groups is 1. The van der Waals surface area contributed by atoms with Gasteiger partial charge in [-0.1, -0.05) is 0 Å². The first-order valence-corrected chi connectivity index (χ1v) is 21.1. The van der Waals surface area contributed by atoms with Crippen molar-refractivity contribution in [1.82, 2.24) is 9.47 Å². The largest absolute Gasteiger partial charge is 0.493 e. The zero-order valence-corrected chi connectivity index (χ0v) is 34.1. The zero-order chi connectivity index (χ0) is 38.6. The summed E-state index contributed by atoms with van der Waals surface area (Å²) in [7, 11) is -0.0969. The van der Waals surface area contributed by atoms with Crippen molar-refractivity contribution < 1.29 is 45.6 Å². The predicted octanol–water partition coefficient (Wildman–Crippen LogP) is 7.35. The number of aryl methyl sites for hydroxylation is 1. The third-order valence-electron chi connectivity index (χ3n) is 11.6. The fourth-order valence-electron chi connectivity index (χ4n) is 8.49. The minimum atomic E-state index is -3.41. The molecule has 306 valence electrons. The molecular weight excluding hydrogens is 766 g/mol. The number of aromatic nitrogens is 1. The molecule has 1 aromatic heterocycles. The van der Waals surface area contributed by atoms with Crippen LogP contribution >= 0.6 is 12.4 Å². The van der Waals surface area contributed by atoms with Gasteiger partial charge in [-0.15, -0.1) is 12.4 Å². The van der Waals surface area contributed by atoms with Crippen molar-refractivity contribution >= 4 is 33.1 Å². The van der Waals surface area contributed by atoms with Crippen LogP contribution in [0.25, 0.3) is 10.9 Å². The van der Waals surface area contributed by atoms with Gasteiger partial charge in [0.1, 0.15) is 23.1 Å². The van der Waals surface area contributed by atoms with Crippen LogP contribution in [0.4, 0.5) is 8.78 Å². The predicted molar refractivity (Wildman–Crippen MR) is 212 cm³/mol. The molecule has 56 heavy (non-hydrogen) atoms. The quantitative estimate of drug-likeness (QED) is 0.114. The van der Waals surface area contributed by atoms with Crippen molar-refractivity contribution in [2.75, 3.05) is 73.2 Å². The van der Waals surface area contributed by atoms with Crippen molar-refractivity contribution in [3.05, 3.63) is 88.6 Å². The van der Waals surface area contributed by atoms with Crippen LogP contribution in [0.15, 0.2) is 59.5 Å². The minimum absolute atomic E-state index is 0. The van der Waals surface area contributed by atoms with E-state index in [4.69, 9.17) is 28.4 Å². The van der Waals surface area contributed by atoms with E-state index in [0.29, 0.717) is 101 Å². The molecule has 0 aliphatic carbocycles. The lowest BCUT2D eigenvalue weighted by molar-refractivity contribution is -0.0952. The fourth-order valence-corrected chi connectivity index (χ4v) is 9.14. The van der Waals surface area contributed by atoms with Crippen LogP contribution in [0.5, 0.6) is 11.5 Å². The molecule has 3 aliphatic rings. The van der Waals surface area contributed by atoms with Gasteiger partial charge in [-0.05, 0) is 72.0 Å². The molecule has 14 heteroatoms. The monoisotopic (exact) mass is 818 g/mol. The van der Waals surface area contributed by atoms with Crippen LogP contribution < -0.4 is 9.47 Å². The Hall–Kier alpha value is -3.30. The zero-order valence-electron chi connectivity index (χ0n) is 32.4. The normalized spacial score (nSPS) is 18.3.